The highest BCUT2D eigenvalue weighted by Gasteiger charge is 2.24. The predicted octanol–water partition coefficient (Wildman–Crippen LogP) is 5.11. The van der Waals surface area contributed by atoms with Crippen LogP contribution in [0.25, 0.3) is 0 Å². The molecule has 0 aromatic rings. The zero-order valence-corrected chi connectivity index (χ0v) is 16.5. The first kappa shape index (κ1) is 23.6. The van der Waals surface area contributed by atoms with E-state index in [1.807, 2.05) is 0 Å². The fraction of sp³-hybridized carbons (Fsp3) is 0.944. The Morgan fingerprint density at radius 1 is 0.833 bits per heavy atom. The molecule has 0 spiro atoms. The summed E-state index contributed by atoms with van der Waals surface area (Å²) in [6.45, 7) is 3.58. The van der Waals surface area contributed by atoms with Gasteiger partial charge in [-0.2, -0.15) is 0 Å². The third-order valence-corrected chi connectivity index (χ3v) is 5.52. The molecule has 0 aromatic carbocycles. The fourth-order valence-corrected chi connectivity index (χ4v) is 3.00. The Morgan fingerprint density at radius 3 is 1.58 bits per heavy atom. The molecule has 0 saturated carbocycles. The molecule has 0 heterocycles. The van der Waals surface area contributed by atoms with Crippen molar-refractivity contribution in [2.24, 2.45) is 0 Å². The van der Waals surface area contributed by atoms with Crippen molar-refractivity contribution >= 4 is 13.5 Å². The SMILES string of the molecule is CCCCCCCCCCCCCCCC(=O)NC(C)P(=O)(O)O. The quantitative estimate of drug-likeness (QED) is 0.263. The maximum atomic E-state index is 11.5. The van der Waals surface area contributed by atoms with Crippen molar-refractivity contribution in [2.45, 2.75) is 110 Å². The van der Waals surface area contributed by atoms with Crippen LogP contribution in [-0.4, -0.2) is 21.5 Å². The van der Waals surface area contributed by atoms with Crippen molar-refractivity contribution in [3.63, 3.8) is 0 Å². The van der Waals surface area contributed by atoms with E-state index in [4.69, 9.17) is 9.79 Å². The van der Waals surface area contributed by atoms with Gasteiger partial charge in [0, 0.05) is 6.42 Å². The summed E-state index contributed by atoms with van der Waals surface area (Å²) in [5.41, 5.74) is 0. The molecular weight excluding hydrogens is 325 g/mol. The second kappa shape index (κ2) is 14.9. The van der Waals surface area contributed by atoms with Gasteiger partial charge in [0.1, 0.15) is 5.78 Å². The molecule has 6 heteroatoms. The monoisotopic (exact) mass is 363 g/mol. The van der Waals surface area contributed by atoms with Gasteiger partial charge in [-0.05, 0) is 13.3 Å². The molecule has 0 bridgehead atoms. The van der Waals surface area contributed by atoms with E-state index in [2.05, 4.69) is 12.2 Å². The normalized spacial score (nSPS) is 13.0. The summed E-state index contributed by atoms with van der Waals surface area (Å²) in [5, 5.41) is 2.36. The molecule has 1 unspecified atom stereocenters. The zero-order valence-electron chi connectivity index (χ0n) is 15.6. The number of nitrogens with one attached hydrogen (secondary N) is 1. The minimum Gasteiger partial charge on any atom is -0.342 e. The van der Waals surface area contributed by atoms with E-state index in [1.54, 1.807) is 0 Å². The lowest BCUT2D eigenvalue weighted by molar-refractivity contribution is -0.121. The van der Waals surface area contributed by atoms with Crippen molar-refractivity contribution in [3.05, 3.63) is 0 Å². The molecule has 0 aliphatic rings. The first-order valence-corrected chi connectivity index (χ1v) is 11.4. The minimum atomic E-state index is -4.21. The second-order valence-corrected chi connectivity index (χ2v) is 8.78. The van der Waals surface area contributed by atoms with Crippen molar-refractivity contribution in [1.29, 1.82) is 0 Å². The summed E-state index contributed by atoms with van der Waals surface area (Å²) in [4.78, 5) is 29.4. The summed E-state index contributed by atoms with van der Waals surface area (Å²) in [6, 6.07) is 0. The predicted molar refractivity (Wildman–Crippen MR) is 100.0 cm³/mol. The Balaban J connectivity index is 3.31. The third-order valence-electron chi connectivity index (χ3n) is 4.38. The first-order valence-electron chi connectivity index (χ1n) is 9.72. The Labute approximate surface area is 148 Å². The van der Waals surface area contributed by atoms with Crippen LogP contribution >= 0.6 is 7.60 Å². The highest BCUT2D eigenvalue weighted by Crippen LogP contribution is 2.39. The van der Waals surface area contributed by atoms with Gasteiger partial charge in [0.25, 0.3) is 0 Å². The van der Waals surface area contributed by atoms with Crippen LogP contribution < -0.4 is 5.32 Å². The van der Waals surface area contributed by atoms with Gasteiger partial charge in [-0.15, -0.1) is 0 Å². The molecule has 24 heavy (non-hydrogen) atoms. The van der Waals surface area contributed by atoms with Crippen LogP contribution in [0.5, 0.6) is 0 Å². The summed E-state index contributed by atoms with van der Waals surface area (Å²) < 4.78 is 10.9. The molecule has 3 N–H and O–H groups in total. The number of carbonyl (C=O) groups excluding carboxylic acids is 1. The van der Waals surface area contributed by atoms with Crippen LogP contribution in [0.3, 0.4) is 0 Å². The molecule has 5 nitrogen and oxygen atoms in total. The lowest BCUT2D eigenvalue weighted by atomic mass is 10.0. The smallest absolute Gasteiger partial charge is 0.342 e. The second-order valence-electron chi connectivity index (χ2n) is 6.83. The number of hydrogen-bond donors (Lipinski definition) is 3. The van der Waals surface area contributed by atoms with Gasteiger partial charge in [-0.25, -0.2) is 0 Å². The molecule has 144 valence electrons. The van der Waals surface area contributed by atoms with Crippen LogP contribution in [0, 0.1) is 0 Å². The standard InChI is InChI=1S/C18H38NO4P/c1-3-4-5-6-7-8-9-10-11-12-13-14-15-16-18(20)19-17(2)24(21,22)23/h17H,3-16H2,1-2H3,(H,19,20)(H2,21,22,23). The van der Waals surface area contributed by atoms with Gasteiger partial charge in [0.15, 0.2) is 0 Å². The number of carbonyl (C=O) groups is 1. The molecule has 0 aromatic heterocycles. The van der Waals surface area contributed by atoms with Crippen LogP contribution in [0.1, 0.15) is 104 Å². The van der Waals surface area contributed by atoms with Gasteiger partial charge in [0.05, 0.1) is 0 Å². The lowest BCUT2D eigenvalue weighted by Gasteiger charge is -2.14. The van der Waals surface area contributed by atoms with Crippen LogP contribution in [-0.2, 0) is 9.36 Å². The highest BCUT2D eigenvalue weighted by molar-refractivity contribution is 7.52. The van der Waals surface area contributed by atoms with Crippen LogP contribution in [0.4, 0.5) is 0 Å². The van der Waals surface area contributed by atoms with E-state index in [0.29, 0.717) is 6.42 Å². The first-order chi connectivity index (χ1) is 11.4. The molecule has 0 aliphatic carbocycles. The van der Waals surface area contributed by atoms with Crippen LogP contribution in [0.2, 0.25) is 0 Å². The van der Waals surface area contributed by atoms with Crippen LogP contribution in [0.15, 0.2) is 0 Å². The van der Waals surface area contributed by atoms with Gasteiger partial charge in [-0.1, -0.05) is 84.0 Å². The van der Waals surface area contributed by atoms with E-state index in [9.17, 15) is 9.36 Å². The molecule has 0 radical (unpaired) electrons. The van der Waals surface area contributed by atoms with Crippen molar-refractivity contribution in [1.82, 2.24) is 5.32 Å². The van der Waals surface area contributed by atoms with Gasteiger partial charge in [-0.3, -0.25) is 9.36 Å². The van der Waals surface area contributed by atoms with Gasteiger partial charge < -0.3 is 15.1 Å². The minimum absolute atomic E-state index is 0.270. The zero-order chi connectivity index (χ0) is 18.3. The Morgan fingerprint density at radius 2 is 1.21 bits per heavy atom. The Hall–Kier alpha value is -0.380. The van der Waals surface area contributed by atoms with Crippen molar-refractivity contribution in [3.8, 4) is 0 Å². The Kier molecular flexibility index (Phi) is 14.7. The largest absolute Gasteiger partial charge is 0.347 e. The molecule has 0 aliphatic heterocycles. The third kappa shape index (κ3) is 15.2. The molecule has 1 atom stereocenters. The van der Waals surface area contributed by atoms with Gasteiger partial charge in [0.2, 0.25) is 5.91 Å². The number of unbranched alkanes of at least 4 members (excludes halogenated alkanes) is 12. The van der Waals surface area contributed by atoms with Gasteiger partial charge >= 0.3 is 7.60 Å². The van der Waals surface area contributed by atoms with E-state index >= 15 is 0 Å². The summed E-state index contributed by atoms with van der Waals surface area (Å²) in [7, 11) is -4.21. The summed E-state index contributed by atoms with van der Waals surface area (Å²) >= 11 is 0. The van der Waals surface area contributed by atoms with Crippen molar-refractivity contribution in [2.75, 3.05) is 0 Å². The number of amides is 1. The maximum Gasteiger partial charge on any atom is 0.347 e. The topological polar surface area (TPSA) is 86.6 Å². The molecule has 0 saturated heterocycles. The van der Waals surface area contributed by atoms with E-state index < -0.39 is 13.4 Å². The van der Waals surface area contributed by atoms with E-state index in [0.717, 1.165) is 19.3 Å². The number of rotatable bonds is 16. The van der Waals surface area contributed by atoms with Crippen molar-refractivity contribution < 1.29 is 19.1 Å². The lowest BCUT2D eigenvalue weighted by Crippen LogP contribution is -2.32. The molecule has 1 amide bonds. The number of hydrogen-bond acceptors (Lipinski definition) is 2. The summed E-state index contributed by atoms with van der Waals surface area (Å²) in [5.74, 6) is -1.36. The van der Waals surface area contributed by atoms with E-state index in [1.165, 1.54) is 71.1 Å². The molecule has 0 rings (SSSR count). The average Bonchev–Trinajstić information content (AvgIpc) is 2.51. The van der Waals surface area contributed by atoms with E-state index in [-0.39, 0.29) is 5.91 Å². The highest BCUT2D eigenvalue weighted by atomic mass is 31.2. The molecule has 0 fully saturated rings. The summed E-state index contributed by atoms with van der Waals surface area (Å²) in [6.07, 6.45) is 16.6. The maximum absolute atomic E-state index is 11.5. The average molecular weight is 363 g/mol. The Bertz CT molecular complexity index is 357. The fourth-order valence-electron chi connectivity index (χ4n) is 2.69. The molecular formula is C18H38NO4P.